The summed E-state index contributed by atoms with van der Waals surface area (Å²) in [4.78, 5) is 25.1. The summed E-state index contributed by atoms with van der Waals surface area (Å²) >= 11 is 3.37. The van der Waals surface area contributed by atoms with Crippen LogP contribution in [-0.4, -0.2) is 24.0 Å². The summed E-state index contributed by atoms with van der Waals surface area (Å²) in [6, 6.07) is 7.28. The molecule has 1 aliphatic rings. The zero-order chi connectivity index (χ0) is 13.3. The monoisotopic (exact) mass is 311 g/mol. The molecule has 0 spiro atoms. The molecule has 18 heavy (non-hydrogen) atoms. The Balaban J connectivity index is 2.29. The van der Waals surface area contributed by atoms with Crippen LogP contribution >= 0.6 is 15.9 Å². The van der Waals surface area contributed by atoms with E-state index in [-0.39, 0.29) is 5.91 Å². The molecule has 0 radical (unpaired) electrons. The third kappa shape index (κ3) is 1.92. The molecule has 1 aliphatic carbocycles. The van der Waals surface area contributed by atoms with Crippen LogP contribution in [-0.2, 0) is 9.59 Å². The second-order valence-corrected chi connectivity index (χ2v) is 5.41. The number of hydrogen-bond donors (Lipinski definition) is 1. The van der Waals surface area contributed by atoms with Gasteiger partial charge in [-0.3, -0.25) is 9.59 Å². The molecule has 96 valence electrons. The van der Waals surface area contributed by atoms with Gasteiger partial charge >= 0.3 is 5.97 Å². The number of nitrogens with zero attached hydrogens (tertiary/aromatic N) is 1. The van der Waals surface area contributed by atoms with Crippen LogP contribution in [0.1, 0.15) is 19.3 Å². The quantitative estimate of drug-likeness (QED) is 0.873. The van der Waals surface area contributed by atoms with Crippen LogP contribution in [0.25, 0.3) is 0 Å². The normalized spacial score (nSPS) is 16.8. The first kappa shape index (κ1) is 13.1. The number of benzene rings is 1. The Morgan fingerprint density at radius 3 is 2.39 bits per heavy atom. The van der Waals surface area contributed by atoms with Gasteiger partial charge in [0.1, 0.15) is 5.41 Å². The molecule has 0 unspecified atom stereocenters. The van der Waals surface area contributed by atoms with Crippen LogP contribution in [0.15, 0.2) is 28.7 Å². The smallest absolute Gasteiger partial charge is 0.319 e. The van der Waals surface area contributed by atoms with Gasteiger partial charge in [0.15, 0.2) is 0 Å². The van der Waals surface area contributed by atoms with Crippen LogP contribution < -0.4 is 4.90 Å². The van der Waals surface area contributed by atoms with Gasteiger partial charge in [-0.15, -0.1) is 0 Å². The minimum atomic E-state index is -1.22. The van der Waals surface area contributed by atoms with Gasteiger partial charge in [-0.1, -0.05) is 18.6 Å². The van der Waals surface area contributed by atoms with Crippen LogP contribution in [0, 0.1) is 5.41 Å². The summed E-state index contributed by atoms with van der Waals surface area (Å²) < 4.78 is 0.778. The van der Waals surface area contributed by atoms with E-state index in [9.17, 15) is 14.7 Å². The first-order valence-electron chi connectivity index (χ1n) is 5.75. The Labute approximate surface area is 114 Å². The molecule has 2 rings (SSSR count). The zero-order valence-electron chi connectivity index (χ0n) is 10.0. The second kappa shape index (κ2) is 4.72. The highest BCUT2D eigenvalue weighted by molar-refractivity contribution is 9.10. The van der Waals surface area contributed by atoms with E-state index in [4.69, 9.17) is 0 Å². The van der Waals surface area contributed by atoms with Gasteiger partial charge in [0.05, 0.1) is 5.69 Å². The molecular weight excluding hydrogens is 298 g/mol. The van der Waals surface area contributed by atoms with Crippen LogP contribution in [0.3, 0.4) is 0 Å². The Kier molecular flexibility index (Phi) is 3.43. The number of amides is 1. The predicted octanol–water partition coefficient (Wildman–Crippen LogP) is 2.67. The molecule has 1 aromatic carbocycles. The van der Waals surface area contributed by atoms with Crippen molar-refractivity contribution in [1.29, 1.82) is 0 Å². The van der Waals surface area contributed by atoms with Crippen molar-refractivity contribution in [3.63, 3.8) is 0 Å². The molecule has 0 aliphatic heterocycles. The number of carboxylic acid groups (broad SMARTS) is 1. The van der Waals surface area contributed by atoms with E-state index in [0.29, 0.717) is 18.5 Å². The fourth-order valence-electron chi connectivity index (χ4n) is 2.20. The lowest BCUT2D eigenvalue weighted by atomic mass is 9.68. The number of anilines is 1. The standard InChI is InChI=1S/C13H14BrNO3/c1-15(10-6-3-2-5-9(10)14)11(16)13(12(17)18)7-4-8-13/h2-3,5-6H,4,7-8H2,1H3,(H,17,18). The van der Waals surface area contributed by atoms with Crippen molar-refractivity contribution in [2.75, 3.05) is 11.9 Å². The Hall–Kier alpha value is -1.36. The van der Waals surface area contributed by atoms with Gasteiger partial charge in [-0.05, 0) is 40.9 Å². The summed E-state index contributed by atoms with van der Waals surface area (Å²) in [5.74, 6) is -1.36. The number of carbonyl (C=O) groups excluding carboxylic acids is 1. The number of aliphatic carboxylic acids is 1. The molecule has 1 amide bonds. The van der Waals surface area contributed by atoms with Crippen molar-refractivity contribution < 1.29 is 14.7 Å². The summed E-state index contributed by atoms with van der Waals surface area (Å²) in [7, 11) is 1.62. The molecule has 5 heteroatoms. The summed E-state index contributed by atoms with van der Waals surface area (Å²) in [6.45, 7) is 0. The van der Waals surface area contributed by atoms with Crippen LogP contribution in [0.4, 0.5) is 5.69 Å². The Morgan fingerprint density at radius 2 is 1.94 bits per heavy atom. The lowest BCUT2D eigenvalue weighted by Gasteiger charge is -2.38. The van der Waals surface area contributed by atoms with Crippen molar-refractivity contribution in [3.8, 4) is 0 Å². The summed E-state index contributed by atoms with van der Waals surface area (Å²) in [5.41, 5.74) is -0.528. The summed E-state index contributed by atoms with van der Waals surface area (Å²) in [5, 5.41) is 9.26. The van der Waals surface area contributed by atoms with Crippen molar-refractivity contribution in [2.45, 2.75) is 19.3 Å². The van der Waals surface area contributed by atoms with E-state index < -0.39 is 11.4 Å². The van der Waals surface area contributed by atoms with Gasteiger partial charge in [0, 0.05) is 11.5 Å². The fourth-order valence-corrected chi connectivity index (χ4v) is 2.75. The fraction of sp³-hybridized carbons (Fsp3) is 0.385. The first-order chi connectivity index (χ1) is 8.49. The number of carbonyl (C=O) groups is 2. The maximum Gasteiger partial charge on any atom is 0.319 e. The average Bonchev–Trinajstić information content (AvgIpc) is 2.26. The highest BCUT2D eigenvalue weighted by atomic mass is 79.9. The highest BCUT2D eigenvalue weighted by Gasteiger charge is 2.52. The summed E-state index contributed by atoms with van der Waals surface area (Å²) in [6.07, 6.45) is 1.65. The van der Waals surface area contributed by atoms with Gasteiger partial charge in [-0.25, -0.2) is 0 Å². The molecule has 0 atom stereocenters. The van der Waals surface area contributed by atoms with E-state index in [2.05, 4.69) is 15.9 Å². The van der Waals surface area contributed by atoms with E-state index in [0.717, 1.165) is 10.9 Å². The Morgan fingerprint density at radius 1 is 1.33 bits per heavy atom. The van der Waals surface area contributed by atoms with Gasteiger partial charge in [0.25, 0.3) is 0 Å². The molecule has 1 N–H and O–H groups in total. The molecule has 0 saturated heterocycles. The first-order valence-corrected chi connectivity index (χ1v) is 6.54. The van der Waals surface area contributed by atoms with Crippen LogP contribution in [0.2, 0.25) is 0 Å². The molecule has 1 fully saturated rings. The lowest BCUT2D eigenvalue weighted by molar-refractivity contribution is -0.160. The van der Waals surface area contributed by atoms with E-state index >= 15 is 0 Å². The van der Waals surface area contributed by atoms with Crippen molar-refractivity contribution in [2.24, 2.45) is 5.41 Å². The van der Waals surface area contributed by atoms with Crippen molar-refractivity contribution >= 4 is 33.5 Å². The maximum atomic E-state index is 12.4. The second-order valence-electron chi connectivity index (χ2n) is 4.56. The number of halogens is 1. The minimum Gasteiger partial charge on any atom is -0.480 e. The number of hydrogen-bond acceptors (Lipinski definition) is 2. The maximum absolute atomic E-state index is 12.4. The highest BCUT2D eigenvalue weighted by Crippen LogP contribution is 2.43. The largest absolute Gasteiger partial charge is 0.480 e. The van der Waals surface area contributed by atoms with E-state index in [1.807, 2.05) is 18.2 Å². The third-order valence-corrected chi connectivity index (χ3v) is 4.21. The zero-order valence-corrected chi connectivity index (χ0v) is 11.6. The van der Waals surface area contributed by atoms with Crippen molar-refractivity contribution in [3.05, 3.63) is 28.7 Å². The molecular formula is C13H14BrNO3. The van der Waals surface area contributed by atoms with Gasteiger partial charge in [-0.2, -0.15) is 0 Å². The molecule has 0 bridgehead atoms. The van der Waals surface area contributed by atoms with E-state index in [1.54, 1.807) is 13.1 Å². The lowest BCUT2D eigenvalue weighted by Crippen LogP contribution is -2.51. The SMILES string of the molecule is CN(C(=O)C1(C(=O)O)CCC1)c1ccccc1Br. The molecule has 1 aromatic rings. The number of carboxylic acids is 1. The molecule has 0 aromatic heterocycles. The van der Waals surface area contributed by atoms with Crippen molar-refractivity contribution in [1.82, 2.24) is 0 Å². The number of para-hydroxylation sites is 1. The molecule has 1 saturated carbocycles. The van der Waals surface area contributed by atoms with Gasteiger partial charge in [0.2, 0.25) is 5.91 Å². The minimum absolute atomic E-state index is 0.340. The third-order valence-electron chi connectivity index (χ3n) is 3.54. The average molecular weight is 312 g/mol. The number of rotatable bonds is 3. The predicted molar refractivity (Wildman–Crippen MR) is 71.5 cm³/mol. The van der Waals surface area contributed by atoms with Crippen LogP contribution in [0.5, 0.6) is 0 Å². The van der Waals surface area contributed by atoms with E-state index in [1.165, 1.54) is 4.90 Å². The topological polar surface area (TPSA) is 57.6 Å². The molecule has 0 heterocycles. The molecule has 4 nitrogen and oxygen atoms in total. The Bertz CT molecular complexity index is 497. The van der Waals surface area contributed by atoms with Gasteiger partial charge < -0.3 is 10.0 Å².